The standard InChI is InChI=1S/C26H22F3N3O6S/c1-32(2)26(33)14-37-24-13-20-17(12-23(24)36-3)21(8-9-30-20)38-22-7-5-16(11-19(22)29)31-39(34,35)25-10-15(27)4-6-18(25)28/h4-13,31H,14H2,1-3H3. The molecule has 1 amide bonds. The lowest BCUT2D eigenvalue weighted by Gasteiger charge is -2.15. The highest BCUT2D eigenvalue weighted by Crippen LogP contribution is 2.38. The van der Waals surface area contributed by atoms with Crippen molar-refractivity contribution in [2.75, 3.05) is 32.5 Å². The van der Waals surface area contributed by atoms with Gasteiger partial charge >= 0.3 is 0 Å². The summed E-state index contributed by atoms with van der Waals surface area (Å²) < 4.78 is 86.0. The minimum Gasteiger partial charge on any atom is -0.493 e. The van der Waals surface area contributed by atoms with Crippen LogP contribution in [0.4, 0.5) is 18.9 Å². The van der Waals surface area contributed by atoms with Gasteiger partial charge in [-0.2, -0.15) is 0 Å². The lowest BCUT2D eigenvalue weighted by Crippen LogP contribution is -2.27. The second kappa shape index (κ2) is 11.1. The van der Waals surface area contributed by atoms with E-state index in [0.29, 0.717) is 23.0 Å². The lowest BCUT2D eigenvalue weighted by atomic mass is 10.1. The summed E-state index contributed by atoms with van der Waals surface area (Å²) in [5, 5.41) is 0.436. The molecule has 0 fully saturated rings. The molecule has 0 aliphatic heterocycles. The fourth-order valence-electron chi connectivity index (χ4n) is 3.42. The number of hydrogen-bond acceptors (Lipinski definition) is 7. The van der Waals surface area contributed by atoms with Gasteiger partial charge in [-0.05, 0) is 42.5 Å². The van der Waals surface area contributed by atoms with Gasteiger partial charge in [0.2, 0.25) is 0 Å². The lowest BCUT2D eigenvalue weighted by molar-refractivity contribution is -0.130. The molecule has 9 nitrogen and oxygen atoms in total. The first-order valence-corrected chi connectivity index (χ1v) is 12.7. The maximum Gasteiger partial charge on any atom is 0.264 e. The number of aromatic nitrogens is 1. The zero-order valence-electron chi connectivity index (χ0n) is 20.9. The number of fused-ring (bicyclic) bond motifs is 1. The average Bonchev–Trinajstić information content (AvgIpc) is 2.89. The van der Waals surface area contributed by atoms with Crippen molar-refractivity contribution < 1.29 is 40.6 Å². The van der Waals surface area contributed by atoms with Gasteiger partial charge in [0.15, 0.2) is 29.7 Å². The number of benzene rings is 3. The third-order valence-corrected chi connectivity index (χ3v) is 6.82. The molecule has 204 valence electrons. The van der Waals surface area contributed by atoms with E-state index < -0.39 is 32.4 Å². The van der Waals surface area contributed by atoms with Crippen LogP contribution in [0.5, 0.6) is 23.0 Å². The normalized spacial score (nSPS) is 11.2. The largest absolute Gasteiger partial charge is 0.493 e. The van der Waals surface area contributed by atoms with Gasteiger partial charge in [0.1, 0.15) is 22.3 Å². The van der Waals surface area contributed by atoms with Crippen LogP contribution in [-0.4, -0.2) is 52.0 Å². The Morgan fingerprint density at radius 1 is 0.923 bits per heavy atom. The van der Waals surface area contributed by atoms with Crippen LogP contribution < -0.4 is 18.9 Å². The molecule has 0 aliphatic rings. The van der Waals surface area contributed by atoms with Gasteiger partial charge in [-0.15, -0.1) is 0 Å². The van der Waals surface area contributed by atoms with Gasteiger partial charge in [-0.1, -0.05) is 0 Å². The summed E-state index contributed by atoms with van der Waals surface area (Å²) in [6.07, 6.45) is 1.42. The Balaban J connectivity index is 1.59. The number of ether oxygens (including phenoxy) is 3. The maximum atomic E-state index is 14.9. The van der Waals surface area contributed by atoms with Gasteiger partial charge in [0.05, 0.1) is 18.3 Å². The fraction of sp³-hybridized carbons (Fsp3) is 0.154. The van der Waals surface area contributed by atoms with E-state index in [1.807, 2.05) is 4.72 Å². The Labute approximate surface area is 221 Å². The Bertz CT molecular complexity index is 1660. The molecule has 4 rings (SSSR count). The topological polar surface area (TPSA) is 107 Å². The van der Waals surface area contributed by atoms with Gasteiger partial charge in [0.25, 0.3) is 15.9 Å². The predicted molar refractivity (Wildman–Crippen MR) is 136 cm³/mol. The second-order valence-corrected chi connectivity index (χ2v) is 9.98. The number of rotatable bonds is 9. The van der Waals surface area contributed by atoms with E-state index in [9.17, 15) is 26.4 Å². The summed E-state index contributed by atoms with van der Waals surface area (Å²) in [6, 6.07) is 9.76. The highest BCUT2D eigenvalue weighted by molar-refractivity contribution is 7.92. The molecule has 1 aromatic heterocycles. The molecule has 0 unspecified atom stereocenters. The van der Waals surface area contributed by atoms with Crippen molar-refractivity contribution in [1.29, 1.82) is 0 Å². The van der Waals surface area contributed by atoms with Crippen molar-refractivity contribution in [2.45, 2.75) is 4.90 Å². The molecule has 0 atom stereocenters. The van der Waals surface area contributed by atoms with E-state index in [2.05, 4.69) is 4.98 Å². The van der Waals surface area contributed by atoms with Crippen LogP contribution in [-0.2, 0) is 14.8 Å². The first-order valence-electron chi connectivity index (χ1n) is 11.2. The summed E-state index contributed by atoms with van der Waals surface area (Å²) in [6.45, 7) is -0.224. The molecule has 4 aromatic rings. The minimum absolute atomic E-state index is 0.197. The smallest absolute Gasteiger partial charge is 0.264 e. The summed E-state index contributed by atoms with van der Waals surface area (Å²) in [4.78, 5) is 16.6. The number of sulfonamides is 1. The van der Waals surface area contributed by atoms with E-state index >= 15 is 0 Å². The molecule has 0 saturated heterocycles. The highest BCUT2D eigenvalue weighted by Gasteiger charge is 2.21. The number of amides is 1. The molecule has 1 heterocycles. The van der Waals surface area contributed by atoms with E-state index in [-0.39, 0.29) is 41.2 Å². The summed E-state index contributed by atoms with van der Waals surface area (Å²) in [5.74, 6) is -2.82. The number of carbonyl (C=O) groups excluding carboxylic acids is 1. The second-order valence-electron chi connectivity index (χ2n) is 8.33. The monoisotopic (exact) mass is 561 g/mol. The molecule has 3 aromatic carbocycles. The van der Waals surface area contributed by atoms with Gasteiger partial charge in [-0.25, -0.2) is 21.6 Å². The fourth-order valence-corrected chi connectivity index (χ4v) is 4.56. The van der Waals surface area contributed by atoms with Crippen LogP contribution >= 0.6 is 0 Å². The highest BCUT2D eigenvalue weighted by atomic mass is 32.2. The molecule has 39 heavy (non-hydrogen) atoms. The van der Waals surface area contributed by atoms with E-state index in [1.54, 1.807) is 26.2 Å². The quantitative estimate of drug-likeness (QED) is 0.315. The number of halogens is 3. The number of carbonyl (C=O) groups is 1. The van der Waals surface area contributed by atoms with Gasteiger partial charge in [-0.3, -0.25) is 14.5 Å². The zero-order chi connectivity index (χ0) is 28.3. The van der Waals surface area contributed by atoms with Crippen molar-refractivity contribution in [3.8, 4) is 23.0 Å². The molecule has 0 aliphatic carbocycles. The van der Waals surface area contributed by atoms with E-state index in [1.165, 1.54) is 36.4 Å². The van der Waals surface area contributed by atoms with Crippen molar-refractivity contribution in [2.24, 2.45) is 0 Å². The molecule has 0 saturated carbocycles. The third-order valence-electron chi connectivity index (χ3n) is 5.42. The van der Waals surface area contributed by atoms with Crippen molar-refractivity contribution in [3.63, 3.8) is 0 Å². The molecule has 13 heteroatoms. The number of nitrogens with zero attached hydrogens (tertiary/aromatic N) is 2. The van der Waals surface area contributed by atoms with Crippen molar-refractivity contribution >= 4 is 32.5 Å². The number of nitrogens with one attached hydrogen (secondary N) is 1. The Kier molecular flexibility index (Phi) is 7.81. The van der Waals surface area contributed by atoms with Gasteiger partial charge < -0.3 is 19.1 Å². The molecular formula is C26H22F3N3O6S. The molecule has 0 spiro atoms. The molecule has 1 N–H and O–H groups in total. The molecule has 0 bridgehead atoms. The third kappa shape index (κ3) is 6.14. The van der Waals surface area contributed by atoms with Crippen molar-refractivity contribution in [1.82, 2.24) is 9.88 Å². The number of hydrogen-bond donors (Lipinski definition) is 1. The summed E-state index contributed by atoms with van der Waals surface area (Å²) in [5.41, 5.74) is 0.168. The molecule has 0 radical (unpaired) electrons. The summed E-state index contributed by atoms with van der Waals surface area (Å²) >= 11 is 0. The number of pyridine rings is 1. The van der Waals surface area contributed by atoms with Crippen LogP contribution in [0.1, 0.15) is 0 Å². The number of methoxy groups -OCH3 is 1. The zero-order valence-corrected chi connectivity index (χ0v) is 21.7. The van der Waals surface area contributed by atoms with E-state index in [0.717, 1.165) is 12.1 Å². The van der Waals surface area contributed by atoms with Gasteiger partial charge in [0, 0.05) is 37.8 Å². The van der Waals surface area contributed by atoms with Crippen molar-refractivity contribution in [3.05, 3.63) is 78.2 Å². The Hall–Kier alpha value is -4.52. The van der Waals surface area contributed by atoms with Crippen LogP contribution in [0, 0.1) is 17.5 Å². The predicted octanol–water partition coefficient (Wildman–Crippen LogP) is 4.72. The Morgan fingerprint density at radius 3 is 2.38 bits per heavy atom. The van der Waals surface area contributed by atoms with Crippen LogP contribution in [0.15, 0.2) is 65.7 Å². The maximum absolute atomic E-state index is 14.9. The summed E-state index contributed by atoms with van der Waals surface area (Å²) in [7, 11) is 0.0628. The average molecular weight is 562 g/mol. The number of likely N-dealkylation sites (N-methyl/N-ethyl adjacent to an activating group) is 1. The minimum atomic E-state index is -4.54. The number of anilines is 1. The SMILES string of the molecule is COc1cc2c(Oc3ccc(NS(=O)(=O)c4cc(F)ccc4F)cc3F)ccnc2cc1OCC(=O)N(C)C. The van der Waals surface area contributed by atoms with Crippen LogP contribution in [0.25, 0.3) is 10.9 Å². The first-order chi connectivity index (χ1) is 18.5. The van der Waals surface area contributed by atoms with Crippen LogP contribution in [0.3, 0.4) is 0 Å². The Morgan fingerprint density at radius 2 is 1.69 bits per heavy atom. The van der Waals surface area contributed by atoms with E-state index in [4.69, 9.17) is 14.2 Å². The molecular weight excluding hydrogens is 539 g/mol. The first kappa shape index (κ1) is 27.5. The van der Waals surface area contributed by atoms with Crippen LogP contribution in [0.2, 0.25) is 0 Å².